The first kappa shape index (κ1) is 32.8. The van der Waals surface area contributed by atoms with Gasteiger partial charge in [0.25, 0.3) is 15.9 Å². The van der Waals surface area contributed by atoms with Gasteiger partial charge in [0, 0.05) is 36.5 Å². The number of sulfonamides is 1. The van der Waals surface area contributed by atoms with Crippen LogP contribution in [-0.4, -0.2) is 64.9 Å². The smallest absolute Gasteiger partial charge is 0.264 e. The maximum Gasteiger partial charge on any atom is 0.264 e. The molecule has 11 nitrogen and oxygen atoms in total. The van der Waals surface area contributed by atoms with Gasteiger partial charge in [-0.05, 0) is 75.4 Å². The number of amides is 1. The average molecular weight is 644 g/mol. The molecule has 1 aliphatic heterocycles. The normalized spacial score (nSPS) is 16.2. The SMILES string of the molecule is Cc1cccc(C)c1-c1cc2nc(n1)NS(=O)(=O)c1cccc(c1)C(=O)N(Cc1nccc(N(C)C(C)C)n1)[C@H](CC(C)C)CO2. The Morgan fingerprint density at radius 3 is 2.41 bits per heavy atom. The molecular weight excluding hydrogens is 602 g/mol. The molecule has 3 heterocycles. The first-order valence-corrected chi connectivity index (χ1v) is 16.9. The molecule has 0 spiro atoms. The Labute approximate surface area is 271 Å². The van der Waals surface area contributed by atoms with E-state index >= 15 is 0 Å². The summed E-state index contributed by atoms with van der Waals surface area (Å²) in [6.45, 7) is 12.4. The van der Waals surface area contributed by atoms with E-state index in [-0.39, 0.29) is 53.3 Å². The molecule has 2 aromatic heterocycles. The number of hydrogen-bond acceptors (Lipinski definition) is 9. The van der Waals surface area contributed by atoms with Gasteiger partial charge in [-0.2, -0.15) is 4.98 Å². The van der Waals surface area contributed by atoms with Gasteiger partial charge in [0.1, 0.15) is 18.2 Å². The molecule has 1 amide bonds. The largest absolute Gasteiger partial charge is 0.475 e. The summed E-state index contributed by atoms with van der Waals surface area (Å²) in [5.41, 5.74) is 3.55. The van der Waals surface area contributed by atoms with Gasteiger partial charge in [0.2, 0.25) is 11.8 Å². The summed E-state index contributed by atoms with van der Waals surface area (Å²) in [5, 5.41) is 0. The van der Waals surface area contributed by atoms with Gasteiger partial charge in [-0.3, -0.25) is 4.79 Å². The van der Waals surface area contributed by atoms with Crippen LogP contribution in [0.3, 0.4) is 0 Å². The minimum atomic E-state index is -4.17. The number of rotatable bonds is 7. The summed E-state index contributed by atoms with van der Waals surface area (Å²) in [6, 6.07) is 15.2. The van der Waals surface area contributed by atoms with Crippen LogP contribution >= 0.6 is 0 Å². The molecule has 12 heteroatoms. The van der Waals surface area contributed by atoms with Crippen LogP contribution in [0.25, 0.3) is 11.3 Å². The molecule has 4 aromatic rings. The van der Waals surface area contributed by atoms with Gasteiger partial charge in [0.15, 0.2) is 0 Å². The van der Waals surface area contributed by atoms with E-state index in [4.69, 9.17) is 9.72 Å². The third kappa shape index (κ3) is 7.28. The number of carbonyl (C=O) groups excluding carboxylic acids is 1. The minimum Gasteiger partial charge on any atom is -0.475 e. The summed E-state index contributed by atoms with van der Waals surface area (Å²) in [4.78, 5) is 36.3. The quantitative estimate of drug-likeness (QED) is 0.272. The maximum atomic E-state index is 14.3. The molecule has 0 saturated heterocycles. The van der Waals surface area contributed by atoms with E-state index in [1.165, 1.54) is 12.1 Å². The average Bonchev–Trinajstić information content (AvgIpc) is 3.00. The van der Waals surface area contributed by atoms with Crippen molar-refractivity contribution in [3.05, 3.63) is 83.3 Å². The third-order valence-corrected chi connectivity index (χ3v) is 9.39. The second kappa shape index (κ2) is 13.4. The van der Waals surface area contributed by atoms with Crippen LogP contribution in [0.15, 0.2) is 65.7 Å². The Balaban J connectivity index is 1.64. The highest BCUT2D eigenvalue weighted by Crippen LogP contribution is 2.30. The van der Waals surface area contributed by atoms with Crippen molar-refractivity contribution in [2.45, 2.75) is 71.5 Å². The lowest BCUT2D eigenvalue weighted by Gasteiger charge is -2.33. The van der Waals surface area contributed by atoms with Crippen LogP contribution in [0, 0.1) is 19.8 Å². The highest BCUT2D eigenvalue weighted by atomic mass is 32.2. The van der Waals surface area contributed by atoms with Crippen LogP contribution in [0.1, 0.15) is 61.4 Å². The molecule has 1 aliphatic rings. The summed E-state index contributed by atoms with van der Waals surface area (Å²) < 4.78 is 36.1. The van der Waals surface area contributed by atoms with Crippen molar-refractivity contribution in [2.24, 2.45) is 5.92 Å². The number of carbonyl (C=O) groups is 1. The first-order valence-electron chi connectivity index (χ1n) is 15.4. The van der Waals surface area contributed by atoms with Crippen molar-refractivity contribution in [3.63, 3.8) is 0 Å². The molecule has 5 rings (SSSR count). The summed E-state index contributed by atoms with van der Waals surface area (Å²) in [6.07, 6.45) is 2.29. The summed E-state index contributed by atoms with van der Waals surface area (Å²) in [5.74, 6) is 1.12. The van der Waals surface area contributed by atoms with Gasteiger partial charge in [-0.15, -0.1) is 0 Å². The van der Waals surface area contributed by atoms with E-state index < -0.39 is 16.1 Å². The fourth-order valence-electron chi connectivity index (χ4n) is 5.49. The van der Waals surface area contributed by atoms with Crippen molar-refractivity contribution < 1.29 is 17.9 Å². The zero-order valence-corrected chi connectivity index (χ0v) is 28.2. The lowest BCUT2D eigenvalue weighted by molar-refractivity contribution is 0.0546. The highest BCUT2D eigenvalue weighted by molar-refractivity contribution is 7.92. The topological polar surface area (TPSA) is 131 Å². The van der Waals surface area contributed by atoms with E-state index in [0.29, 0.717) is 17.9 Å². The number of hydrogen-bond donors (Lipinski definition) is 1. The van der Waals surface area contributed by atoms with Crippen LogP contribution < -0.4 is 14.4 Å². The standard InChI is InChI=1S/C34H41N7O4S/c1-21(2)16-26-20-45-31-18-28(32-23(5)10-8-11-24(32)6)36-34(38-31)39-46(43,44)27-13-9-12-25(17-27)33(42)41(26)19-29-35-15-14-30(37-29)40(7)22(3)4/h8-15,17-18,21-22,26H,16,19-20H2,1-7H3,(H,36,38,39)/t26-/m1/s1. The minimum absolute atomic E-state index is 0.0849. The fourth-order valence-corrected chi connectivity index (χ4v) is 6.48. The Hall–Kier alpha value is -4.58. The Morgan fingerprint density at radius 1 is 1.00 bits per heavy atom. The van der Waals surface area contributed by atoms with Gasteiger partial charge in [0.05, 0.1) is 23.2 Å². The van der Waals surface area contributed by atoms with E-state index in [9.17, 15) is 13.2 Å². The maximum absolute atomic E-state index is 14.3. The third-order valence-electron chi connectivity index (χ3n) is 8.06. The molecule has 0 fully saturated rings. The van der Waals surface area contributed by atoms with Crippen molar-refractivity contribution in [1.82, 2.24) is 24.8 Å². The molecule has 1 N–H and O–H groups in total. The zero-order valence-electron chi connectivity index (χ0n) is 27.4. The Morgan fingerprint density at radius 2 is 1.72 bits per heavy atom. The number of aryl methyl sites for hydroxylation is 2. The van der Waals surface area contributed by atoms with E-state index in [2.05, 4.69) is 47.4 Å². The Kier molecular flexibility index (Phi) is 9.57. The first-order chi connectivity index (χ1) is 21.8. The number of ether oxygens (including phenoxy) is 1. The van der Waals surface area contributed by atoms with Crippen molar-refractivity contribution in [1.29, 1.82) is 0 Å². The van der Waals surface area contributed by atoms with Crippen LogP contribution in [0.4, 0.5) is 11.8 Å². The van der Waals surface area contributed by atoms with Crippen LogP contribution in [0.2, 0.25) is 0 Å². The van der Waals surface area contributed by atoms with Gasteiger partial charge >= 0.3 is 0 Å². The van der Waals surface area contributed by atoms with E-state index in [1.54, 1.807) is 29.3 Å². The number of nitrogens with zero attached hydrogens (tertiary/aromatic N) is 6. The van der Waals surface area contributed by atoms with Crippen LogP contribution in [0.5, 0.6) is 5.88 Å². The number of benzene rings is 2. The molecule has 0 unspecified atom stereocenters. The second-order valence-electron chi connectivity index (χ2n) is 12.4. The summed E-state index contributed by atoms with van der Waals surface area (Å²) >= 11 is 0. The second-order valence-corrected chi connectivity index (χ2v) is 14.1. The molecule has 2 aromatic carbocycles. The molecule has 1 atom stereocenters. The van der Waals surface area contributed by atoms with Gasteiger partial charge in [-0.1, -0.05) is 38.1 Å². The molecule has 46 heavy (non-hydrogen) atoms. The molecule has 4 bridgehead atoms. The van der Waals surface area contributed by atoms with Crippen molar-refractivity contribution in [3.8, 4) is 17.1 Å². The molecule has 0 aliphatic carbocycles. The number of nitrogens with one attached hydrogen (secondary N) is 1. The Bertz CT molecular complexity index is 1820. The van der Waals surface area contributed by atoms with E-state index in [0.717, 1.165) is 22.5 Å². The molecule has 0 radical (unpaired) electrons. The molecular formula is C34H41N7O4S. The highest BCUT2D eigenvalue weighted by Gasteiger charge is 2.30. The van der Waals surface area contributed by atoms with Crippen molar-refractivity contribution >= 4 is 27.7 Å². The van der Waals surface area contributed by atoms with Crippen LogP contribution in [-0.2, 0) is 16.6 Å². The van der Waals surface area contributed by atoms with Gasteiger partial charge in [-0.25, -0.2) is 28.1 Å². The molecule has 0 saturated carbocycles. The van der Waals surface area contributed by atoms with Crippen molar-refractivity contribution in [2.75, 3.05) is 23.3 Å². The monoisotopic (exact) mass is 643 g/mol. The fraction of sp³-hybridized carbons (Fsp3) is 0.382. The predicted molar refractivity (Wildman–Crippen MR) is 178 cm³/mol. The number of anilines is 2. The van der Waals surface area contributed by atoms with E-state index in [1.807, 2.05) is 50.1 Å². The lowest BCUT2D eigenvalue weighted by atomic mass is 10.00. The summed E-state index contributed by atoms with van der Waals surface area (Å²) in [7, 11) is -2.21. The molecule has 242 valence electrons. The van der Waals surface area contributed by atoms with Gasteiger partial charge < -0.3 is 14.5 Å². The number of fused-ring (bicyclic) bond motifs is 4. The lowest BCUT2D eigenvalue weighted by Crippen LogP contribution is -2.44. The zero-order chi connectivity index (χ0) is 33.2. The predicted octanol–water partition coefficient (Wildman–Crippen LogP) is 5.65. The number of aromatic nitrogens is 4.